The van der Waals surface area contributed by atoms with E-state index in [4.69, 9.17) is 0 Å². The molecule has 1 heterocycles. The maximum atomic E-state index is 9.67. The molecule has 2 nitrogen and oxygen atoms in total. The number of nitrogens with zero attached hydrogens (tertiary/aromatic N) is 1. The fourth-order valence-corrected chi connectivity index (χ4v) is 1.47. The van der Waals surface area contributed by atoms with E-state index in [2.05, 4.69) is 17.1 Å². The molecule has 0 aromatic carbocycles. The van der Waals surface area contributed by atoms with Crippen molar-refractivity contribution < 1.29 is 5.11 Å². The Hall–Kier alpha value is -0.340. The largest absolute Gasteiger partial charge is 0.390 e. The van der Waals surface area contributed by atoms with E-state index in [1.54, 1.807) is 0 Å². The summed E-state index contributed by atoms with van der Waals surface area (Å²) in [5.41, 5.74) is -0.410. The Morgan fingerprint density at radius 3 is 2.50 bits per heavy atom. The van der Waals surface area contributed by atoms with Gasteiger partial charge in [-0.15, -0.1) is 0 Å². The Balaban J connectivity index is 2.26. The molecular weight excluding hydrogens is 150 g/mol. The number of allylic oxidation sites excluding steroid dienone is 1. The lowest BCUT2D eigenvalue weighted by molar-refractivity contribution is -0.00245. The molecule has 0 aromatic heterocycles. The van der Waals surface area contributed by atoms with Gasteiger partial charge >= 0.3 is 0 Å². The highest BCUT2D eigenvalue weighted by Gasteiger charge is 2.26. The van der Waals surface area contributed by atoms with Crippen molar-refractivity contribution in [2.45, 2.75) is 32.3 Å². The summed E-state index contributed by atoms with van der Waals surface area (Å²) in [4.78, 5) is 2.37. The molecule has 1 N–H and O–H groups in total. The Morgan fingerprint density at radius 1 is 1.42 bits per heavy atom. The molecule has 1 aliphatic heterocycles. The number of hydrogen-bond donors (Lipinski definition) is 1. The third kappa shape index (κ3) is 2.95. The molecule has 1 aliphatic rings. The van der Waals surface area contributed by atoms with Crippen LogP contribution in [-0.2, 0) is 0 Å². The van der Waals surface area contributed by atoms with Crippen LogP contribution in [0.3, 0.4) is 0 Å². The first-order chi connectivity index (χ1) is 5.64. The maximum absolute atomic E-state index is 9.67. The summed E-state index contributed by atoms with van der Waals surface area (Å²) < 4.78 is 0. The SMILES string of the molecule is C/C=C/CN1CCC(C)(O)CC1. The Bertz CT molecular complexity index is 153. The van der Waals surface area contributed by atoms with Gasteiger partial charge in [-0.05, 0) is 26.7 Å². The van der Waals surface area contributed by atoms with Crippen molar-refractivity contribution in [3.8, 4) is 0 Å². The van der Waals surface area contributed by atoms with Gasteiger partial charge in [0, 0.05) is 19.6 Å². The van der Waals surface area contributed by atoms with Crippen LogP contribution in [0.2, 0.25) is 0 Å². The molecule has 0 aromatic rings. The standard InChI is InChI=1S/C10H19NO/c1-3-4-7-11-8-5-10(2,12)6-9-11/h3-4,12H,5-9H2,1-2H3/b4-3+. The number of hydrogen-bond acceptors (Lipinski definition) is 2. The van der Waals surface area contributed by atoms with Gasteiger partial charge in [-0.25, -0.2) is 0 Å². The molecular formula is C10H19NO. The van der Waals surface area contributed by atoms with Gasteiger partial charge in [0.2, 0.25) is 0 Å². The minimum Gasteiger partial charge on any atom is -0.390 e. The van der Waals surface area contributed by atoms with Gasteiger partial charge in [0.25, 0.3) is 0 Å². The third-order valence-electron chi connectivity index (χ3n) is 2.53. The van der Waals surface area contributed by atoms with Gasteiger partial charge < -0.3 is 5.11 Å². The third-order valence-corrected chi connectivity index (χ3v) is 2.53. The van der Waals surface area contributed by atoms with Crippen molar-refractivity contribution in [1.29, 1.82) is 0 Å². The predicted molar refractivity (Wildman–Crippen MR) is 51.1 cm³/mol. The molecule has 12 heavy (non-hydrogen) atoms. The Kier molecular flexibility index (Phi) is 3.29. The number of rotatable bonds is 2. The van der Waals surface area contributed by atoms with Crippen LogP contribution in [0.1, 0.15) is 26.7 Å². The van der Waals surface area contributed by atoms with Crippen molar-refractivity contribution in [2.75, 3.05) is 19.6 Å². The summed E-state index contributed by atoms with van der Waals surface area (Å²) in [6, 6.07) is 0. The van der Waals surface area contributed by atoms with E-state index in [1.807, 2.05) is 13.8 Å². The molecule has 0 saturated carbocycles. The first-order valence-corrected chi connectivity index (χ1v) is 4.70. The molecule has 70 valence electrons. The summed E-state index contributed by atoms with van der Waals surface area (Å²) in [5, 5.41) is 9.67. The van der Waals surface area contributed by atoms with E-state index in [0.717, 1.165) is 32.5 Å². The van der Waals surface area contributed by atoms with Gasteiger partial charge in [0.1, 0.15) is 0 Å². The second-order valence-corrected chi connectivity index (χ2v) is 3.87. The summed E-state index contributed by atoms with van der Waals surface area (Å²) in [6.07, 6.45) is 6.06. The molecule has 0 radical (unpaired) electrons. The zero-order chi connectivity index (χ0) is 9.03. The molecule has 2 heteroatoms. The van der Waals surface area contributed by atoms with Crippen molar-refractivity contribution in [1.82, 2.24) is 4.90 Å². The van der Waals surface area contributed by atoms with E-state index in [1.165, 1.54) is 0 Å². The molecule has 0 amide bonds. The van der Waals surface area contributed by atoms with Crippen LogP contribution in [0.15, 0.2) is 12.2 Å². The zero-order valence-corrected chi connectivity index (χ0v) is 8.08. The van der Waals surface area contributed by atoms with Crippen LogP contribution in [-0.4, -0.2) is 35.2 Å². The minimum absolute atomic E-state index is 0.410. The molecule has 1 saturated heterocycles. The fraction of sp³-hybridized carbons (Fsp3) is 0.800. The average molecular weight is 169 g/mol. The van der Waals surface area contributed by atoms with Crippen LogP contribution < -0.4 is 0 Å². The smallest absolute Gasteiger partial charge is 0.0644 e. The van der Waals surface area contributed by atoms with Crippen LogP contribution in [0.5, 0.6) is 0 Å². The lowest BCUT2D eigenvalue weighted by atomic mass is 9.94. The van der Waals surface area contributed by atoms with E-state index >= 15 is 0 Å². The fourth-order valence-electron chi connectivity index (χ4n) is 1.47. The van der Waals surface area contributed by atoms with Crippen LogP contribution >= 0.6 is 0 Å². The number of aliphatic hydroxyl groups is 1. The van der Waals surface area contributed by atoms with Crippen molar-refractivity contribution in [3.05, 3.63) is 12.2 Å². The Labute approximate surface area is 74.9 Å². The zero-order valence-electron chi connectivity index (χ0n) is 8.08. The molecule has 0 aliphatic carbocycles. The normalized spacial score (nSPS) is 24.9. The van der Waals surface area contributed by atoms with Gasteiger partial charge in [-0.3, -0.25) is 4.90 Å². The second-order valence-electron chi connectivity index (χ2n) is 3.87. The highest BCUT2D eigenvalue weighted by Crippen LogP contribution is 2.20. The van der Waals surface area contributed by atoms with E-state index in [-0.39, 0.29) is 0 Å². The van der Waals surface area contributed by atoms with Crippen molar-refractivity contribution in [3.63, 3.8) is 0 Å². The van der Waals surface area contributed by atoms with Crippen LogP contribution in [0.25, 0.3) is 0 Å². The van der Waals surface area contributed by atoms with E-state index in [9.17, 15) is 5.11 Å². The summed E-state index contributed by atoms with van der Waals surface area (Å²) in [5.74, 6) is 0. The highest BCUT2D eigenvalue weighted by molar-refractivity contribution is 4.86. The van der Waals surface area contributed by atoms with Crippen molar-refractivity contribution >= 4 is 0 Å². The summed E-state index contributed by atoms with van der Waals surface area (Å²) in [7, 11) is 0. The average Bonchev–Trinajstić information content (AvgIpc) is 2.03. The van der Waals surface area contributed by atoms with Crippen molar-refractivity contribution in [2.24, 2.45) is 0 Å². The van der Waals surface area contributed by atoms with Gasteiger partial charge in [0.05, 0.1) is 5.60 Å². The highest BCUT2D eigenvalue weighted by atomic mass is 16.3. The van der Waals surface area contributed by atoms with Crippen LogP contribution in [0, 0.1) is 0 Å². The molecule has 0 unspecified atom stereocenters. The van der Waals surface area contributed by atoms with E-state index < -0.39 is 5.60 Å². The maximum Gasteiger partial charge on any atom is 0.0644 e. The molecule has 1 fully saturated rings. The van der Waals surface area contributed by atoms with Gasteiger partial charge in [-0.1, -0.05) is 12.2 Å². The topological polar surface area (TPSA) is 23.5 Å². The quantitative estimate of drug-likeness (QED) is 0.632. The molecule has 0 atom stereocenters. The van der Waals surface area contributed by atoms with Gasteiger partial charge in [-0.2, -0.15) is 0 Å². The molecule has 1 rings (SSSR count). The number of piperidine rings is 1. The molecule has 0 spiro atoms. The monoisotopic (exact) mass is 169 g/mol. The lowest BCUT2D eigenvalue weighted by Crippen LogP contribution is -2.42. The van der Waals surface area contributed by atoms with Gasteiger partial charge in [0.15, 0.2) is 0 Å². The van der Waals surface area contributed by atoms with E-state index in [0.29, 0.717) is 0 Å². The first-order valence-electron chi connectivity index (χ1n) is 4.70. The first kappa shape index (κ1) is 9.75. The predicted octanol–water partition coefficient (Wildman–Crippen LogP) is 1.41. The lowest BCUT2D eigenvalue weighted by Gasteiger charge is -2.35. The Morgan fingerprint density at radius 2 is 2.00 bits per heavy atom. The minimum atomic E-state index is -0.410. The molecule has 0 bridgehead atoms. The summed E-state index contributed by atoms with van der Waals surface area (Å²) >= 11 is 0. The summed E-state index contributed by atoms with van der Waals surface area (Å²) in [6.45, 7) is 7.06. The number of likely N-dealkylation sites (tertiary alicyclic amines) is 1. The second kappa shape index (κ2) is 4.06. The van der Waals surface area contributed by atoms with Crippen LogP contribution in [0.4, 0.5) is 0 Å².